The van der Waals surface area contributed by atoms with Crippen LogP contribution in [0.15, 0.2) is 144 Å². The summed E-state index contributed by atoms with van der Waals surface area (Å²) in [7, 11) is 2.03. The molecule has 4 aromatic carbocycles. The molecule has 0 spiro atoms. The van der Waals surface area contributed by atoms with Crippen LogP contribution in [0.5, 0.6) is 0 Å². The van der Waals surface area contributed by atoms with E-state index >= 15 is 0 Å². The van der Waals surface area contributed by atoms with Gasteiger partial charge < -0.3 is 21.4 Å². The first-order valence-electron chi connectivity index (χ1n) is 20.2. The number of aromatic amines is 1. The highest BCUT2D eigenvalue weighted by Gasteiger charge is 2.29. The van der Waals surface area contributed by atoms with Crippen LogP contribution >= 0.6 is 11.8 Å². The minimum absolute atomic E-state index is 0.00367. The van der Waals surface area contributed by atoms with E-state index in [1.165, 1.54) is 26.5 Å². The molecule has 1 amide bonds. The lowest BCUT2D eigenvalue weighted by molar-refractivity contribution is -0.126. The number of hydrogen-bond donors (Lipinski definition) is 4. The molecule has 1 aromatic heterocycles. The smallest absolute Gasteiger partial charge is 0.238 e. The Morgan fingerprint density at radius 1 is 0.860 bits per heavy atom. The number of aromatic nitrogens is 1. The Kier molecular flexibility index (Phi) is 14.8. The number of nitrogens with two attached hydrogens (primary N) is 1. The minimum atomic E-state index is -0.507. The van der Waals surface area contributed by atoms with Crippen LogP contribution in [0.3, 0.4) is 0 Å². The molecular weight excluding hydrogens is 723 g/mol. The Hall–Kier alpha value is -5.15. The number of amides is 1. The fourth-order valence-electron chi connectivity index (χ4n) is 7.52. The number of carbonyl (C=O) groups excluding carboxylic acids is 2. The van der Waals surface area contributed by atoms with Crippen LogP contribution in [-0.4, -0.2) is 53.3 Å². The van der Waals surface area contributed by atoms with Crippen LogP contribution in [0.1, 0.15) is 67.3 Å². The van der Waals surface area contributed by atoms with Crippen LogP contribution in [0.4, 0.5) is 0 Å². The summed E-state index contributed by atoms with van der Waals surface area (Å²) >= 11 is 1.78. The van der Waals surface area contributed by atoms with Gasteiger partial charge in [0.1, 0.15) is 0 Å². The molecule has 0 fully saturated rings. The van der Waals surface area contributed by atoms with E-state index in [0.29, 0.717) is 44.5 Å². The van der Waals surface area contributed by atoms with E-state index < -0.39 is 18.1 Å². The van der Waals surface area contributed by atoms with Gasteiger partial charge in [-0.15, -0.1) is 0 Å². The van der Waals surface area contributed by atoms with Gasteiger partial charge in [0.15, 0.2) is 5.78 Å². The summed E-state index contributed by atoms with van der Waals surface area (Å²) in [5.41, 5.74) is 14.7. The van der Waals surface area contributed by atoms with E-state index in [0.717, 1.165) is 46.9 Å². The molecule has 7 nitrogen and oxygen atoms in total. The number of Topliss-reactive ketones (excluding diaryl/α,β-unsaturated/α-hetero) is 1. The average molecular weight is 780 g/mol. The second-order valence-corrected chi connectivity index (χ2v) is 16.1. The molecule has 6 rings (SSSR count). The summed E-state index contributed by atoms with van der Waals surface area (Å²) < 4.78 is 0. The Bertz CT molecular complexity index is 2200. The van der Waals surface area contributed by atoms with Gasteiger partial charge in [-0.1, -0.05) is 122 Å². The number of rotatable bonds is 20. The van der Waals surface area contributed by atoms with E-state index in [2.05, 4.69) is 131 Å². The van der Waals surface area contributed by atoms with Crippen LogP contribution in [0.25, 0.3) is 16.5 Å². The Morgan fingerprint density at radius 2 is 1.56 bits per heavy atom. The summed E-state index contributed by atoms with van der Waals surface area (Å²) in [5.74, 6) is -0.0918. The van der Waals surface area contributed by atoms with Gasteiger partial charge in [0.05, 0.1) is 18.1 Å². The molecular formula is C49H57N5O2S. The lowest BCUT2D eigenvalue weighted by Gasteiger charge is -2.31. The van der Waals surface area contributed by atoms with E-state index in [-0.39, 0.29) is 11.7 Å². The van der Waals surface area contributed by atoms with E-state index in [4.69, 9.17) is 5.73 Å². The van der Waals surface area contributed by atoms with Crippen molar-refractivity contribution < 1.29 is 9.59 Å². The van der Waals surface area contributed by atoms with Gasteiger partial charge in [-0.05, 0) is 111 Å². The van der Waals surface area contributed by atoms with Crippen molar-refractivity contribution in [2.45, 2.75) is 93.3 Å². The molecule has 296 valence electrons. The Balaban J connectivity index is 1.24. The molecule has 0 saturated heterocycles. The number of nitrogens with one attached hydrogen (secondary N) is 3. The van der Waals surface area contributed by atoms with Crippen molar-refractivity contribution in [3.8, 4) is 0 Å². The van der Waals surface area contributed by atoms with Crippen molar-refractivity contribution >= 4 is 39.9 Å². The van der Waals surface area contributed by atoms with E-state index in [1.807, 2.05) is 31.4 Å². The predicted octanol–water partition coefficient (Wildman–Crippen LogP) is 9.19. The number of nitrogens with zero attached hydrogens (tertiary/aromatic N) is 1. The molecule has 0 saturated carbocycles. The first-order chi connectivity index (χ1) is 27.7. The number of likely N-dealkylation sites (N-methyl/N-ethyl adjacent to an activating group) is 1. The fraction of sp³-hybridized carbons (Fsp3) is 0.306. The molecule has 3 unspecified atom stereocenters. The average Bonchev–Trinajstić information content (AvgIpc) is 3.65. The van der Waals surface area contributed by atoms with Crippen molar-refractivity contribution in [2.24, 2.45) is 5.73 Å². The third-order valence-corrected chi connectivity index (χ3v) is 12.1. The molecule has 5 aromatic rings. The first-order valence-corrected chi connectivity index (χ1v) is 21.1. The van der Waals surface area contributed by atoms with Crippen molar-refractivity contribution in [3.05, 3.63) is 162 Å². The standard InChI is InChI=1S/C49H57N5O2S/c1-5-37-16-9-13-23-47(37)57-48-24-14-10-19-40(48)33-54(4)46(30-36-25-27-39(28-26-36)38-17-7-6-8-18-38)49(56)53-43(22-15-29-50)34(2)52-45(35(3)55)31-41-32-51-44-21-12-11-20-42(41)44/h7,9-14,16-21,23-28,32,43,45-46,51-52H,2,5-6,8,15,22,29-31,33,50H2,1,3-4H3,(H,53,56). The first kappa shape index (κ1) is 41.5. The molecule has 57 heavy (non-hydrogen) atoms. The minimum Gasteiger partial charge on any atom is -0.377 e. The van der Waals surface area contributed by atoms with Gasteiger partial charge in [0.2, 0.25) is 5.91 Å². The highest BCUT2D eigenvalue weighted by Crippen LogP contribution is 2.34. The summed E-state index contributed by atoms with van der Waals surface area (Å²) in [6.07, 6.45) is 14.0. The molecule has 0 bridgehead atoms. The summed E-state index contributed by atoms with van der Waals surface area (Å²) in [4.78, 5) is 35.6. The van der Waals surface area contributed by atoms with Gasteiger partial charge in [-0.2, -0.15) is 0 Å². The van der Waals surface area contributed by atoms with Gasteiger partial charge in [-0.3, -0.25) is 14.5 Å². The monoisotopic (exact) mass is 779 g/mol. The van der Waals surface area contributed by atoms with Gasteiger partial charge in [0.25, 0.3) is 0 Å². The molecule has 8 heteroatoms. The van der Waals surface area contributed by atoms with Gasteiger partial charge in [-0.25, -0.2) is 0 Å². The quantitative estimate of drug-likeness (QED) is 0.0629. The van der Waals surface area contributed by atoms with Crippen molar-refractivity contribution in [1.29, 1.82) is 0 Å². The SMILES string of the molecule is C=C(NC(Cc1c[nH]c2ccccc12)C(C)=O)C(CCCN)NC(=O)C(Cc1ccc(C2=CCCC=C2)cc1)N(C)Cc1ccccc1Sc1ccccc1CC. The molecule has 0 radical (unpaired) electrons. The predicted molar refractivity (Wildman–Crippen MR) is 237 cm³/mol. The van der Waals surface area contributed by atoms with Crippen LogP contribution in [-0.2, 0) is 35.4 Å². The highest BCUT2D eigenvalue weighted by molar-refractivity contribution is 7.99. The van der Waals surface area contributed by atoms with E-state index in [1.54, 1.807) is 18.7 Å². The number of carbonyl (C=O) groups is 2. The third-order valence-electron chi connectivity index (χ3n) is 10.9. The topological polar surface area (TPSA) is 103 Å². The normalized spacial score (nSPS) is 14.2. The Labute approximate surface area is 342 Å². The third kappa shape index (κ3) is 11.0. The lowest BCUT2D eigenvalue weighted by Crippen LogP contribution is -2.52. The maximum Gasteiger partial charge on any atom is 0.238 e. The maximum atomic E-state index is 14.7. The zero-order valence-corrected chi connectivity index (χ0v) is 34.4. The largest absolute Gasteiger partial charge is 0.377 e. The van der Waals surface area contributed by atoms with Gasteiger partial charge >= 0.3 is 0 Å². The summed E-state index contributed by atoms with van der Waals surface area (Å²) in [6, 6.07) is 32.3. The molecule has 1 aliphatic carbocycles. The number of para-hydroxylation sites is 1. The zero-order valence-electron chi connectivity index (χ0n) is 33.6. The number of ketones is 1. The second-order valence-electron chi connectivity index (χ2n) is 15.0. The highest BCUT2D eigenvalue weighted by atomic mass is 32.2. The molecule has 1 heterocycles. The second kappa shape index (κ2) is 20.3. The summed E-state index contributed by atoms with van der Waals surface area (Å²) in [6.45, 7) is 9.24. The number of benzene rings is 4. The number of hydrogen-bond acceptors (Lipinski definition) is 6. The number of H-pyrrole nitrogens is 1. The lowest BCUT2D eigenvalue weighted by atomic mass is 9.96. The maximum absolute atomic E-state index is 14.7. The summed E-state index contributed by atoms with van der Waals surface area (Å²) in [5, 5.41) is 7.88. The number of allylic oxidation sites excluding steroid dienone is 4. The van der Waals surface area contributed by atoms with Crippen LogP contribution in [0.2, 0.25) is 0 Å². The molecule has 1 aliphatic rings. The Morgan fingerprint density at radius 3 is 2.26 bits per heavy atom. The molecule has 5 N–H and O–H groups in total. The van der Waals surface area contributed by atoms with Crippen molar-refractivity contribution in [3.63, 3.8) is 0 Å². The van der Waals surface area contributed by atoms with E-state index in [9.17, 15) is 9.59 Å². The number of fused-ring (bicyclic) bond motifs is 1. The molecule has 0 aliphatic heterocycles. The van der Waals surface area contributed by atoms with Crippen molar-refractivity contribution in [1.82, 2.24) is 20.5 Å². The molecule has 3 atom stereocenters. The van der Waals surface area contributed by atoms with Crippen molar-refractivity contribution in [2.75, 3.05) is 13.6 Å². The van der Waals surface area contributed by atoms with Crippen LogP contribution < -0.4 is 16.4 Å². The fourth-order valence-corrected chi connectivity index (χ4v) is 8.66. The number of aryl methyl sites for hydroxylation is 1. The zero-order chi connectivity index (χ0) is 40.1. The van der Waals surface area contributed by atoms with Gasteiger partial charge in [0, 0.05) is 45.6 Å². The van der Waals surface area contributed by atoms with Crippen LogP contribution in [0, 0.1) is 0 Å².